The molecule has 0 bridgehead atoms. The van der Waals surface area contributed by atoms with Crippen molar-refractivity contribution >= 4 is 17.3 Å². The van der Waals surface area contributed by atoms with Crippen molar-refractivity contribution < 1.29 is 18.0 Å². The molecule has 7 heteroatoms. The first-order valence-corrected chi connectivity index (χ1v) is 10.9. The first-order valence-electron chi connectivity index (χ1n) is 10.9. The molecule has 0 radical (unpaired) electrons. The number of nitrogens with zero attached hydrogens (tertiary/aromatic N) is 2. The number of halogens is 3. The van der Waals surface area contributed by atoms with Crippen LogP contribution in [0.1, 0.15) is 24.0 Å². The molecule has 2 aliphatic heterocycles. The monoisotopic (exact) mass is 429 g/mol. The van der Waals surface area contributed by atoms with E-state index in [1.54, 1.807) is 6.07 Å². The number of alkyl halides is 3. The predicted octanol–water partition coefficient (Wildman–Crippen LogP) is 4.10. The van der Waals surface area contributed by atoms with E-state index >= 15 is 0 Å². The van der Waals surface area contributed by atoms with E-state index < -0.39 is 11.7 Å². The topological polar surface area (TPSA) is 35.6 Å². The maximum Gasteiger partial charge on any atom is 0.416 e. The number of hydrogen-bond donors (Lipinski definition) is 1. The van der Waals surface area contributed by atoms with Gasteiger partial charge in [0.05, 0.1) is 17.5 Å². The molecular weight excluding hydrogens is 403 g/mol. The highest BCUT2D eigenvalue weighted by molar-refractivity contribution is 5.82. The molecule has 2 aromatic carbocycles. The third-order valence-corrected chi connectivity index (χ3v) is 6.76. The van der Waals surface area contributed by atoms with Gasteiger partial charge in [0.1, 0.15) is 0 Å². The van der Waals surface area contributed by atoms with Crippen LogP contribution in [0, 0.1) is 11.8 Å². The summed E-state index contributed by atoms with van der Waals surface area (Å²) in [7, 11) is 0. The Kier molecular flexibility index (Phi) is 5.07. The van der Waals surface area contributed by atoms with Crippen molar-refractivity contribution in [2.75, 3.05) is 36.0 Å². The maximum atomic E-state index is 13.3. The Morgan fingerprint density at radius 2 is 1.84 bits per heavy atom. The fraction of sp³-hybridized carbons (Fsp3) is 0.458. The molecule has 4 nitrogen and oxygen atoms in total. The molecule has 2 heterocycles. The number of nitrogens with one attached hydrogen (secondary N) is 1. The first kappa shape index (κ1) is 20.2. The molecule has 0 aromatic heterocycles. The summed E-state index contributed by atoms with van der Waals surface area (Å²) in [6.45, 7) is 2.77. The zero-order chi connectivity index (χ0) is 21.6. The lowest BCUT2D eigenvalue weighted by atomic mass is 9.82. The van der Waals surface area contributed by atoms with E-state index in [0.717, 1.165) is 36.8 Å². The van der Waals surface area contributed by atoms with Crippen molar-refractivity contribution in [1.82, 2.24) is 5.32 Å². The fourth-order valence-electron chi connectivity index (χ4n) is 4.87. The molecule has 31 heavy (non-hydrogen) atoms. The van der Waals surface area contributed by atoms with Gasteiger partial charge in [-0.2, -0.15) is 13.2 Å². The fourth-order valence-corrected chi connectivity index (χ4v) is 4.87. The van der Waals surface area contributed by atoms with Crippen LogP contribution in [0.25, 0.3) is 0 Å². The summed E-state index contributed by atoms with van der Waals surface area (Å²) in [6, 6.07) is 14.0. The van der Waals surface area contributed by atoms with Crippen LogP contribution < -0.4 is 15.1 Å². The summed E-state index contributed by atoms with van der Waals surface area (Å²) in [5.74, 6) is 0.140. The number of fused-ring (bicyclic) bond motifs is 3. The van der Waals surface area contributed by atoms with Crippen LogP contribution in [0.15, 0.2) is 48.5 Å². The highest BCUT2D eigenvalue weighted by Crippen LogP contribution is 2.40. The van der Waals surface area contributed by atoms with E-state index in [4.69, 9.17) is 0 Å². The van der Waals surface area contributed by atoms with Crippen LogP contribution in [0.3, 0.4) is 0 Å². The van der Waals surface area contributed by atoms with Crippen molar-refractivity contribution in [2.45, 2.75) is 31.5 Å². The Morgan fingerprint density at radius 3 is 2.55 bits per heavy atom. The van der Waals surface area contributed by atoms with Crippen molar-refractivity contribution in [3.63, 3.8) is 0 Å². The smallest absolute Gasteiger partial charge is 0.368 e. The second-order valence-electron chi connectivity index (χ2n) is 8.88. The molecule has 0 spiro atoms. The van der Waals surface area contributed by atoms with Gasteiger partial charge in [0.2, 0.25) is 5.91 Å². The Balaban J connectivity index is 1.45. The number of carbonyl (C=O) groups is 1. The summed E-state index contributed by atoms with van der Waals surface area (Å²) < 4.78 is 39.9. The number of para-hydroxylation sites is 1. The number of rotatable bonds is 4. The van der Waals surface area contributed by atoms with Gasteiger partial charge in [0.15, 0.2) is 0 Å². The van der Waals surface area contributed by atoms with E-state index in [1.807, 2.05) is 18.2 Å². The Bertz CT molecular complexity index is 958. The molecule has 1 saturated heterocycles. The number of hydrogen-bond acceptors (Lipinski definition) is 3. The number of carbonyl (C=O) groups excluding carboxylic acids is 1. The lowest BCUT2D eigenvalue weighted by Crippen LogP contribution is -2.61. The normalized spacial score (nSPS) is 23.2. The molecule has 164 valence electrons. The summed E-state index contributed by atoms with van der Waals surface area (Å²) >= 11 is 0. The van der Waals surface area contributed by atoms with Crippen LogP contribution in [-0.2, 0) is 17.4 Å². The number of amides is 1. The zero-order valence-electron chi connectivity index (χ0n) is 17.2. The molecule has 2 fully saturated rings. The number of anilines is 2. The molecule has 2 aromatic rings. The minimum absolute atomic E-state index is 0.0418. The molecule has 1 N–H and O–H groups in total. The van der Waals surface area contributed by atoms with Gasteiger partial charge in [-0.1, -0.05) is 18.2 Å². The van der Waals surface area contributed by atoms with Gasteiger partial charge < -0.3 is 15.1 Å². The van der Waals surface area contributed by atoms with E-state index in [-0.39, 0.29) is 17.9 Å². The third-order valence-electron chi connectivity index (χ3n) is 6.76. The van der Waals surface area contributed by atoms with Crippen molar-refractivity contribution in [1.29, 1.82) is 0 Å². The molecule has 0 unspecified atom stereocenters. The largest absolute Gasteiger partial charge is 0.416 e. The van der Waals surface area contributed by atoms with Gasteiger partial charge in [-0.15, -0.1) is 0 Å². The lowest BCUT2D eigenvalue weighted by Gasteiger charge is -2.49. The summed E-state index contributed by atoms with van der Waals surface area (Å²) in [5.41, 5.74) is 1.91. The molecule has 1 amide bonds. The Hall–Kier alpha value is -2.70. The molecule has 1 aliphatic carbocycles. The Morgan fingerprint density at radius 1 is 1.06 bits per heavy atom. The van der Waals surface area contributed by atoms with Crippen LogP contribution in [-0.4, -0.2) is 38.1 Å². The van der Waals surface area contributed by atoms with Crippen LogP contribution in [0.2, 0.25) is 0 Å². The standard InChI is InChI=1S/C24H26F3N3O/c25-24(26,27)18-8-9-21-17(12-18)13-20(23(31)28-14-16-6-7-16)22-15-29(10-11-30(21)22)19-4-2-1-3-5-19/h1-5,8-9,12,16,20,22H,6-7,10-11,13-15H2,(H,28,31)/t20-,22-/m0/s1. The maximum absolute atomic E-state index is 13.3. The highest BCUT2D eigenvalue weighted by atomic mass is 19.4. The highest BCUT2D eigenvalue weighted by Gasteiger charge is 2.43. The zero-order valence-corrected chi connectivity index (χ0v) is 17.2. The van der Waals surface area contributed by atoms with Gasteiger partial charge >= 0.3 is 6.18 Å². The third kappa shape index (κ3) is 4.10. The summed E-state index contributed by atoms with van der Waals surface area (Å²) in [4.78, 5) is 17.6. The van der Waals surface area contributed by atoms with E-state index in [9.17, 15) is 18.0 Å². The number of piperazine rings is 1. The van der Waals surface area contributed by atoms with Crippen LogP contribution in [0.5, 0.6) is 0 Å². The van der Waals surface area contributed by atoms with Gasteiger partial charge in [-0.05, 0) is 61.1 Å². The Labute approximate surface area is 180 Å². The van der Waals surface area contributed by atoms with E-state index in [2.05, 4.69) is 27.2 Å². The van der Waals surface area contributed by atoms with E-state index in [0.29, 0.717) is 37.5 Å². The SMILES string of the molecule is O=C(NCC1CC1)[C@H]1Cc2cc(C(F)(F)F)ccc2N2CCN(c3ccccc3)C[C@@H]12. The molecular formula is C24H26F3N3O. The quantitative estimate of drug-likeness (QED) is 0.795. The lowest BCUT2D eigenvalue weighted by molar-refractivity contribution is -0.137. The minimum atomic E-state index is -4.39. The van der Waals surface area contributed by atoms with Gasteiger partial charge in [0.25, 0.3) is 0 Å². The second kappa shape index (κ2) is 7.77. The second-order valence-corrected chi connectivity index (χ2v) is 8.88. The summed E-state index contributed by atoms with van der Waals surface area (Å²) in [5, 5.41) is 3.07. The molecule has 5 rings (SSSR count). The average Bonchev–Trinajstić information content (AvgIpc) is 3.60. The van der Waals surface area contributed by atoms with Gasteiger partial charge in [0, 0.05) is 37.6 Å². The first-order chi connectivity index (χ1) is 14.9. The average molecular weight is 429 g/mol. The summed E-state index contributed by atoms with van der Waals surface area (Å²) in [6.07, 6.45) is -1.78. The number of benzene rings is 2. The van der Waals surface area contributed by atoms with Crippen molar-refractivity contribution in [2.24, 2.45) is 11.8 Å². The van der Waals surface area contributed by atoms with Gasteiger partial charge in [-0.3, -0.25) is 4.79 Å². The van der Waals surface area contributed by atoms with Crippen LogP contribution >= 0.6 is 0 Å². The van der Waals surface area contributed by atoms with Crippen molar-refractivity contribution in [3.05, 3.63) is 59.7 Å². The molecule has 1 saturated carbocycles. The van der Waals surface area contributed by atoms with Crippen LogP contribution in [0.4, 0.5) is 24.5 Å². The molecule has 3 aliphatic rings. The van der Waals surface area contributed by atoms with E-state index in [1.165, 1.54) is 6.07 Å². The van der Waals surface area contributed by atoms with Gasteiger partial charge in [-0.25, -0.2) is 0 Å². The van der Waals surface area contributed by atoms with Crippen molar-refractivity contribution in [3.8, 4) is 0 Å². The predicted molar refractivity (Wildman–Crippen MR) is 114 cm³/mol. The minimum Gasteiger partial charge on any atom is -0.368 e. The molecule has 2 atom stereocenters.